The van der Waals surface area contributed by atoms with Crippen LogP contribution in [0.2, 0.25) is 10.0 Å². The largest absolute Gasteiger partial charge is 0.416 e. The average molecular weight is 407 g/mol. The molecule has 0 bridgehead atoms. The molecule has 1 heterocycles. The van der Waals surface area contributed by atoms with Crippen molar-refractivity contribution in [2.45, 2.75) is 15.3 Å². The molecule has 0 radical (unpaired) electrons. The molecule has 1 aromatic heterocycles. The molecule has 124 valence electrons. The summed E-state index contributed by atoms with van der Waals surface area (Å²) < 4.78 is 43.0. The lowest BCUT2D eigenvalue weighted by Gasteiger charge is -2.08. The summed E-state index contributed by atoms with van der Waals surface area (Å²) in [5.41, 5.74) is 0.565. The Morgan fingerprint density at radius 1 is 1.00 bits per heavy atom. The number of halogens is 5. The van der Waals surface area contributed by atoms with E-state index in [4.69, 9.17) is 23.2 Å². The summed E-state index contributed by atoms with van der Waals surface area (Å²) in [5, 5.41) is 4.83. The molecule has 0 N–H and O–H groups in total. The average Bonchev–Trinajstić information content (AvgIpc) is 2.97. The van der Waals surface area contributed by atoms with Crippen LogP contribution in [0.5, 0.6) is 0 Å². The molecule has 0 aliphatic heterocycles. The van der Waals surface area contributed by atoms with Crippen molar-refractivity contribution in [2.75, 3.05) is 0 Å². The highest BCUT2D eigenvalue weighted by molar-refractivity contribution is 8.01. The number of hydrogen-bond acceptors (Lipinski definition) is 4. The number of nitrogens with zero attached hydrogens (tertiary/aromatic N) is 2. The van der Waals surface area contributed by atoms with E-state index < -0.39 is 11.7 Å². The Hall–Kier alpha value is -1.28. The van der Waals surface area contributed by atoms with Crippen molar-refractivity contribution in [3.05, 3.63) is 58.1 Å². The molecule has 0 atom stereocenters. The number of hydrogen-bond donors (Lipinski definition) is 0. The van der Waals surface area contributed by atoms with Gasteiger partial charge in [0, 0.05) is 10.5 Å². The molecule has 0 unspecified atom stereocenters. The Labute approximate surface area is 153 Å². The van der Waals surface area contributed by atoms with Crippen molar-refractivity contribution in [3.8, 4) is 11.3 Å². The van der Waals surface area contributed by atoms with Gasteiger partial charge in [0.2, 0.25) is 0 Å². The summed E-state index contributed by atoms with van der Waals surface area (Å²) in [6.07, 6.45) is -4.38. The molecular formula is C15H7Cl2F3N2S2. The SMILES string of the molecule is FC(F)(F)c1cccc(Sc2snnc2-c2ccc(Cl)c(Cl)c2)c1. The molecule has 0 aliphatic rings. The summed E-state index contributed by atoms with van der Waals surface area (Å²) in [5.74, 6) is 0. The predicted molar refractivity (Wildman–Crippen MR) is 90.9 cm³/mol. The van der Waals surface area contributed by atoms with Crippen LogP contribution < -0.4 is 0 Å². The van der Waals surface area contributed by atoms with Crippen LogP contribution in [0.25, 0.3) is 11.3 Å². The lowest BCUT2D eigenvalue weighted by molar-refractivity contribution is -0.137. The molecule has 0 saturated carbocycles. The Morgan fingerprint density at radius 2 is 1.79 bits per heavy atom. The van der Waals surface area contributed by atoms with E-state index in [0.717, 1.165) is 23.7 Å². The van der Waals surface area contributed by atoms with Gasteiger partial charge in [-0.3, -0.25) is 0 Å². The van der Waals surface area contributed by atoms with E-state index in [0.29, 0.717) is 30.4 Å². The van der Waals surface area contributed by atoms with Crippen LogP contribution in [0.3, 0.4) is 0 Å². The van der Waals surface area contributed by atoms with Crippen LogP contribution in [-0.2, 0) is 6.18 Å². The van der Waals surface area contributed by atoms with Gasteiger partial charge in [0.15, 0.2) is 0 Å². The van der Waals surface area contributed by atoms with Gasteiger partial charge in [0.05, 0.1) is 15.6 Å². The van der Waals surface area contributed by atoms with Crippen molar-refractivity contribution < 1.29 is 13.2 Å². The van der Waals surface area contributed by atoms with Crippen molar-refractivity contribution in [1.29, 1.82) is 0 Å². The Bertz CT molecular complexity index is 881. The molecule has 0 amide bonds. The highest BCUT2D eigenvalue weighted by Gasteiger charge is 2.30. The summed E-state index contributed by atoms with van der Waals surface area (Å²) in [7, 11) is 0. The Balaban J connectivity index is 1.93. The molecular weight excluding hydrogens is 400 g/mol. The maximum absolute atomic E-state index is 12.8. The fraction of sp³-hybridized carbons (Fsp3) is 0.0667. The number of aromatic nitrogens is 2. The van der Waals surface area contributed by atoms with E-state index in [1.54, 1.807) is 24.3 Å². The van der Waals surface area contributed by atoms with Crippen molar-refractivity contribution in [2.24, 2.45) is 0 Å². The van der Waals surface area contributed by atoms with E-state index in [1.165, 1.54) is 17.8 Å². The minimum atomic E-state index is -4.38. The summed E-state index contributed by atoms with van der Waals surface area (Å²) in [4.78, 5) is 0.456. The molecule has 0 fully saturated rings. The first kappa shape index (κ1) is 17.5. The fourth-order valence-electron chi connectivity index (χ4n) is 1.91. The van der Waals surface area contributed by atoms with Gasteiger partial charge in [-0.05, 0) is 41.9 Å². The van der Waals surface area contributed by atoms with Gasteiger partial charge in [0.25, 0.3) is 0 Å². The first-order valence-corrected chi connectivity index (χ1v) is 8.82. The Kier molecular flexibility index (Phi) is 5.05. The molecule has 2 nitrogen and oxygen atoms in total. The zero-order valence-corrected chi connectivity index (χ0v) is 14.8. The van der Waals surface area contributed by atoms with Crippen LogP contribution in [-0.4, -0.2) is 9.59 Å². The van der Waals surface area contributed by atoms with Crippen LogP contribution in [0.1, 0.15) is 5.56 Å². The third-order valence-corrected chi connectivity index (χ3v) is 5.63. The second-order valence-corrected chi connectivity index (χ2v) is 7.58. The molecule has 3 rings (SSSR count). The highest BCUT2D eigenvalue weighted by atomic mass is 35.5. The minimum Gasteiger partial charge on any atom is -0.166 e. The standard InChI is InChI=1S/C15H7Cl2F3N2S2/c16-11-5-4-8(6-12(11)17)13-14(24-22-21-13)23-10-3-1-2-9(7-10)15(18,19)20/h1-7H. The third kappa shape index (κ3) is 3.85. The van der Waals surface area contributed by atoms with Crippen molar-refractivity contribution in [3.63, 3.8) is 0 Å². The lowest BCUT2D eigenvalue weighted by Crippen LogP contribution is -2.04. The summed E-state index contributed by atoms with van der Waals surface area (Å²) >= 11 is 14.2. The smallest absolute Gasteiger partial charge is 0.166 e. The van der Waals surface area contributed by atoms with Gasteiger partial charge in [-0.15, -0.1) is 5.10 Å². The topological polar surface area (TPSA) is 25.8 Å². The molecule has 0 saturated heterocycles. The van der Waals surface area contributed by atoms with E-state index >= 15 is 0 Å². The van der Waals surface area contributed by atoms with E-state index in [-0.39, 0.29) is 0 Å². The second kappa shape index (κ2) is 6.92. The fourth-order valence-corrected chi connectivity index (χ4v) is 3.99. The molecule has 24 heavy (non-hydrogen) atoms. The zero-order chi connectivity index (χ0) is 17.3. The lowest BCUT2D eigenvalue weighted by atomic mass is 10.2. The van der Waals surface area contributed by atoms with Crippen LogP contribution >= 0.6 is 46.5 Å². The Morgan fingerprint density at radius 3 is 2.50 bits per heavy atom. The van der Waals surface area contributed by atoms with Crippen LogP contribution in [0.4, 0.5) is 13.2 Å². The minimum absolute atomic E-state index is 0.372. The number of rotatable bonds is 3. The van der Waals surface area contributed by atoms with Crippen molar-refractivity contribution >= 4 is 46.5 Å². The first-order chi connectivity index (χ1) is 11.3. The molecule has 0 aliphatic carbocycles. The summed E-state index contributed by atoms with van der Waals surface area (Å²) in [6, 6.07) is 10.1. The third-order valence-electron chi connectivity index (χ3n) is 3.02. The maximum atomic E-state index is 12.8. The number of benzene rings is 2. The highest BCUT2D eigenvalue weighted by Crippen LogP contribution is 2.40. The van der Waals surface area contributed by atoms with E-state index in [9.17, 15) is 13.2 Å². The van der Waals surface area contributed by atoms with Gasteiger partial charge in [-0.2, -0.15) is 13.2 Å². The maximum Gasteiger partial charge on any atom is 0.416 e. The van der Waals surface area contributed by atoms with E-state index in [1.807, 2.05) is 0 Å². The van der Waals surface area contributed by atoms with Gasteiger partial charge in [-0.1, -0.05) is 51.6 Å². The van der Waals surface area contributed by atoms with Crippen molar-refractivity contribution in [1.82, 2.24) is 9.59 Å². The van der Waals surface area contributed by atoms with Gasteiger partial charge in [-0.25, -0.2) is 0 Å². The first-order valence-electron chi connectivity index (χ1n) is 6.47. The molecule has 3 aromatic rings. The zero-order valence-electron chi connectivity index (χ0n) is 11.6. The molecule has 0 spiro atoms. The molecule has 2 aromatic carbocycles. The monoisotopic (exact) mass is 406 g/mol. The van der Waals surface area contributed by atoms with E-state index in [2.05, 4.69) is 9.59 Å². The predicted octanol–water partition coefficient (Wildman–Crippen LogP) is 6.68. The number of alkyl halides is 3. The molecule has 9 heteroatoms. The van der Waals surface area contributed by atoms with Crippen LogP contribution in [0, 0.1) is 0 Å². The quantitative estimate of drug-likeness (QED) is 0.484. The normalized spacial score (nSPS) is 11.7. The van der Waals surface area contributed by atoms with Gasteiger partial charge >= 0.3 is 6.18 Å². The van der Waals surface area contributed by atoms with Gasteiger partial charge in [0.1, 0.15) is 9.90 Å². The summed E-state index contributed by atoms with van der Waals surface area (Å²) in [6.45, 7) is 0. The van der Waals surface area contributed by atoms with Crippen LogP contribution in [0.15, 0.2) is 51.6 Å². The van der Waals surface area contributed by atoms with Gasteiger partial charge < -0.3 is 0 Å². The second-order valence-electron chi connectivity index (χ2n) is 4.67.